The maximum Gasteiger partial charge on any atom is 0.269 e. The van der Waals surface area contributed by atoms with Crippen LogP contribution in [0.3, 0.4) is 0 Å². The van der Waals surface area contributed by atoms with Crippen LogP contribution < -0.4 is 14.8 Å². The van der Waals surface area contributed by atoms with Crippen molar-refractivity contribution in [3.05, 3.63) is 98.6 Å². The van der Waals surface area contributed by atoms with Crippen LogP contribution in [0.1, 0.15) is 11.1 Å². The summed E-state index contributed by atoms with van der Waals surface area (Å²) in [6.07, 6.45) is 1.42. The van der Waals surface area contributed by atoms with E-state index in [1.54, 1.807) is 54.6 Å². The summed E-state index contributed by atoms with van der Waals surface area (Å²) in [6.45, 7) is 0.0942. The summed E-state index contributed by atoms with van der Waals surface area (Å²) in [6, 6.07) is 19.6. The molecule has 166 valence electrons. The number of halogens is 1. The van der Waals surface area contributed by atoms with Gasteiger partial charge in [0.25, 0.3) is 11.6 Å². The number of rotatable bonds is 8. The summed E-state index contributed by atoms with van der Waals surface area (Å²) < 4.78 is 11.1. The molecule has 0 saturated heterocycles. The van der Waals surface area contributed by atoms with Crippen LogP contribution in [-0.2, 0) is 11.4 Å². The topological polar surface area (TPSA) is 114 Å². The van der Waals surface area contributed by atoms with Crippen molar-refractivity contribution in [1.82, 2.24) is 0 Å². The number of non-ortho nitro benzene ring substituents is 1. The smallest absolute Gasteiger partial charge is 0.269 e. The van der Waals surface area contributed by atoms with Crippen molar-refractivity contribution in [3.63, 3.8) is 0 Å². The quantitative estimate of drug-likeness (QED) is 0.207. The molecule has 1 N–H and O–H groups in total. The number of methoxy groups -OCH3 is 1. The Kier molecular flexibility index (Phi) is 7.63. The minimum absolute atomic E-state index is 0.0253. The molecule has 8 nitrogen and oxygen atoms in total. The van der Waals surface area contributed by atoms with Crippen LogP contribution in [0.25, 0.3) is 6.08 Å². The number of anilines is 1. The van der Waals surface area contributed by atoms with E-state index in [1.807, 2.05) is 6.07 Å². The Labute approximate surface area is 194 Å². The third-order valence-electron chi connectivity index (χ3n) is 4.50. The van der Waals surface area contributed by atoms with Crippen LogP contribution >= 0.6 is 11.6 Å². The van der Waals surface area contributed by atoms with Gasteiger partial charge in [-0.15, -0.1) is 0 Å². The molecule has 33 heavy (non-hydrogen) atoms. The first-order valence-electron chi connectivity index (χ1n) is 9.63. The molecule has 1 amide bonds. The number of ether oxygens (including phenoxy) is 2. The highest BCUT2D eigenvalue weighted by Crippen LogP contribution is 2.30. The van der Waals surface area contributed by atoms with E-state index in [9.17, 15) is 20.2 Å². The molecule has 0 atom stereocenters. The fraction of sp³-hybridized carbons (Fsp3) is 0.0833. The molecule has 3 aromatic carbocycles. The molecule has 0 aliphatic rings. The first-order chi connectivity index (χ1) is 15.9. The fourth-order valence-electron chi connectivity index (χ4n) is 2.88. The van der Waals surface area contributed by atoms with Gasteiger partial charge in [0.05, 0.1) is 22.7 Å². The predicted octanol–water partition coefficient (Wildman–Crippen LogP) is 5.38. The third kappa shape index (κ3) is 6.09. The van der Waals surface area contributed by atoms with Crippen LogP contribution in [0.4, 0.5) is 11.4 Å². The van der Waals surface area contributed by atoms with Gasteiger partial charge in [-0.1, -0.05) is 41.9 Å². The van der Waals surface area contributed by atoms with Crippen molar-refractivity contribution in [2.75, 3.05) is 12.4 Å². The van der Waals surface area contributed by atoms with E-state index in [4.69, 9.17) is 21.1 Å². The van der Waals surface area contributed by atoms with E-state index in [0.717, 1.165) is 0 Å². The average molecular weight is 464 g/mol. The number of nitro benzene ring substituents is 1. The number of nitro groups is 1. The van der Waals surface area contributed by atoms with Gasteiger partial charge >= 0.3 is 0 Å². The van der Waals surface area contributed by atoms with Crippen LogP contribution in [0.15, 0.2) is 72.3 Å². The zero-order chi connectivity index (χ0) is 23.8. The Hall–Kier alpha value is -4.35. The zero-order valence-electron chi connectivity index (χ0n) is 17.4. The Bertz CT molecular complexity index is 1270. The molecule has 9 heteroatoms. The maximum atomic E-state index is 12.5. The van der Waals surface area contributed by atoms with Gasteiger partial charge in [-0.25, -0.2) is 0 Å². The van der Waals surface area contributed by atoms with Gasteiger partial charge in [0, 0.05) is 12.1 Å². The van der Waals surface area contributed by atoms with Crippen molar-refractivity contribution in [2.45, 2.75) is 6.61 Å². The van der Waals surface area contributed by atoms with Crippen LogP contribution in [0, 0.1) is 21.4 Å². The van der Waals surface area contributed by atoms with Crippen LogP contribution in [-0.4, -0.2) is 17.9 Å². The zero-order valence-corrected chi connectivity index (χ0v) is 18.2. The maximum absolute atomic E-state index is 12.5. The highest BCUT2D eigenvalue weighted by atomic mass is 35.5. The summed E-state index contributed by atoms with van der Waals surface area (Å²) in [5.74, 6) is 0.175. The lowest BCUT2D eigenvalue weighted by atomic mass is 10.1. The second kappa shape index (κ2) is 10.8. The van der Waals surface area contributed by atoms with Crippen molar-refractivity contribution >= 4 is 35.0 Å². The van der Waals surface area contributed by atoms with Crippen molar-refractivity contribution in [2.24, 2.45) is 0 Å². The Morgan fingerprint density at radius 3 is 2.64 bits per heavy atom. The minimum Gasteiger partial charge on any atom is -0.493 e. The fourth-order valence-corrected chi connectivity index (χ4v) is 3.06. The predicted molar refractivity (Wildman–Crippen MR) is 124 cm³/mol. The number of amides is 1. The molecule has 0 saturated carbocycles. The van der Waals surface area contributed by atoms with E-state index >= 15 is 0 Å². The lowest BCUT2D eigenvalue weighted by Crippen LogP contribution is -2.13. The number of hydrogen-bond donors (Lipinski definition) is 1. The number of benzene rings is 3. The lowest BCUT2D eigenvalue weighted by Gasteiger charge is -2.12. The highest BCUT2D eigenvalue weighted by Gasteiger charge is 2.13. The van der Waals surface area contributed by atoms with E-state index in [0.29, 0.717) is 33.3 Å². The Morgan fingerprint density at radius 1 is 1.15 bits per heavy atom. The second-order valence-electron chi connectivity index (χ2n) is 6.73. The van der Waals surface area contributed by atoms with Gasteiger partial charge in [-0.05, 0) is 41.5 Å². The molecule has 0 fully saturated rings. The number of carbonyl (C=O) groups is 1. The van der Waals surface area contributed by atoms with Gasteiger partial charge in [0.1, 0.15) is 18.2 Å². The van der Waals surface area contributed by atoms with Gasteiger partial charge in [0.15, 0.2) is 11.5 Å². The van der Waals surface area contributed by atoms with E-state index < -0.39 is 10.8 Å². The largest absolute Gasteiger partial charge is 0.493 e. The number of carbonyl (C=O) groups excluding carboxylic acids is 1. The summed E-state index contributed by atoms with van der Waals surface area (Å²) in [4.78, 5) is 22.9. The summed E-state index contributed by atoms with van der Waals surface area (Å²) >= 11 is 6.05. The lowest BCUT2D eigenvalue weighted by molar-refractivity contribution is -0.384. The van der Waals surface area contributed by atoms with Crippen molar-refractivity contribution in [1.29, 1.82) is 5.26 Å². The molecule has 0 bridgehead atoms. The van der Waals surface area contributed by atoms with Crippen molar-refractivity contribution in [3.8, 4) is 17.6 Å². The van der Waals surface area contributed by atoms with Crippen LogP contribution in [0.2, 0.25) is 5.02 Å². The number of nitrogens with one attached hydrogen (secondary N) is 1. The molecular weight excluding hydrogens is 446 g/mol. The molecule has 0 aliphatic carbocycles. The van der Waals surface area contributed by atoms with E-state index in [-0.39, 0.29) is 17.9 Å². The molecule has 0 spiro atoms. The molecule has 0 unspecified atom stereocenters. The van der Waals surface area contributed by atoms with E-state index in [1.165, 1.54) is 25.3 Å². The molecule has 0 aliphatic heterocycles. The normalized spacial score (nSPS) is 10.8. The summed E-state index contributed by atoms with van der Waals surface area (Å²) in [5, 5.41) is 23.3. The third-order valence-corrected chi connectivity index (χ3v) is 4.83. The van der Waals surface area contributed by atoms with Gasteiger partial charge in [0.2, 0.25) is 0 Å². The van der Waals surface area contributed by atoms with Gasteiger partial charge in [-0.2, -0.15) is 5.26 Å². The number of nitriles is 1. The minimum atomic E-state index is -0.601. The molecule has 3 aromatic rings. The van der Waals surface area contributed by atoms with E-state index in [2.05, 4.69) is 5.32 Å². The number of hydrogen-bond acceptors (Lipinski definition) is 6. The summed E-state index contributed by atoms with van der Waals surface area (Å²) in [5.41, 5.74) is 1.41. The molecule has 0 heterocycles. The van der Waals surface area contributed by atoms with Crippen LogP contribution in [0.5, 0.6) is 11.5 Å². The molecule has 0 radical (unpaired) electrons. The monoisotopic (exact) mass is 463 g/mol. The number of nitrogens with zero attached hydrogens (tertiary/aromatic N) is 2. The molecule has 0 aromatic heterocycles. The Morgan fingerprint density at radius 2 is 1.94 bits per heavy atom. The number of para-hydroxylation sites is 1. The van der Waals surface area contributed by atoms with Gasteiger partial charge < -0.3 is 14.8 Å². The standard InChI is InChI=1S/C24H18ClN3O5/c1-32-23-13-16(11-18(14-26)24(29)27-21-8-3-2-7-20(21)25)9-10-22(23)33-15-17-5-4-6-19(12-17)28(30)31/h2-13H,15H2,1H3,(H,27,29)/b18-11+. The average Bonchev–Trinajstić information content (AvgIpc) is 2.83. The first-order valence-corrected chi connectivity index (χ1v) is 10.0. The van der Waals surface area contributed by atoms with Gasteiger partial charge in [-0.3, -0.25) is 14.9 Å². The second-order valence-corrected chi connectivity index (χ2v) is 7.14. The Balaban J connectivity index is 1.76. The molecular formula is C24H18ClN3O5. The SMILES string of the molecule is COc1cc(/C=C(\C#N)C(=O)Nc2ccccc2Cl)ccc1OCc1cccc([N+](=O)[O-])c1. The first kappa shape index (κ1) is 23.3. The molecule has 3 rings (SSSR count). The van der Waals surface area contributed by atoms with Crippen molar-refractivity contribution < 1.29 is 19.2 Å². The summed E-state index contributed by atoms with van der Waals surface area (Å²) in [7, 11) is 1.46. The highest BCUT2D eigenvalue weighted by molar-refractivity contribution is 6.34.